The second-order valence-electron chi connectivity index (χ2n) is 7.68. The molecule has 3 aromatic carbocycles. The predicted molar refractivity (Wildman–Crippen MR) is 120 cm³/mol. The normalized spacial score (nSPS) is 12.9. The van der Waals surface area contributed by atoms with E-state index in [-0.39, 0.29) is 24.5 Å². The summed E-state index contributed by atoms with van der Waals surface area (Å²) < 4.78 is 10.9. The van der Waals surface area contributed by atoms with Crippen molar-refractivity contribution in [1.82, 2.24) is 10.6 Å². The Labute approximate surface area is 181 Å². The average molecular weight is 418 g/mol. The van der Waals surface area contributed by atoms with Crippen molar-refractivity contribution in [2.45, 2.75) is 25.3 Å². The number of carbonyl (C=O) groups is 2. The summed E-state index contributed by atoms with van der Waals surface area (Å²) in [5.74, 6) is 0.821. The molecule has 0 radical (unpaired) electrons. The van der Waals surface area contributed by atoms with Gasteiger partial charge in [0.15, 0.2) is 6.61 Å². The number of nitrogens with one attached hydrogen (secondary N) is 2. The van der Waals surface area contributed by atoms with Crippen LogP contribution in [0.5, 0.6) is 11.5 Å². The summed E-state index contributed by atoms with van der Waals surface area (Å²) in [6.45, 7) is 0.376. The van der Waals surface area contributed by atoms with Gasteiger partial charge < -0.3 is 20.1 Å². The molecule has 0 atom stereocenters. The first-order valence-corrected chi connectivity index (χ1v) is 10.5. The van der Waals surface area contributed by atoms with Gasteiger partial charge >= 0.3 is 0 Å². The van der Waals surface area contributed by atoms with E-state index >= 15 is 0 Å². The minimum absolute atomic E-state index is 0.110. The zero-order valence-corrected chi connectivity index (χ0v) is 17.5. The third-order valence-electron chi connectivity index (χ3n) is 5.25. The highest BCUT2D eigenvalue weighted by Gasteiger charge is 2.23. The maximum Gasteiger partial charge on any atom is 0.258 e. The molecule has 1 fully saturated rings. The highest BCUT2D eigenvalue weighted by Crippen LogP contribution is 2.26. The van der Waals surface area contributed by atoms with Gasteiger partial charge in [-0.25, -0.2) is 0 Å². The fraction of sp³-hybridized carbons (Fsp3) is 0.280. The van der Waals surface area contributed by atoms with Gasteiger partial charge in [0.1, 0.15) is 11.5 Å². The minimum atomic E-state index is -0.225. The lowest BCUT2D eigenvalue weighted by Crippen LogP contribution is -2.31. The molecule has 0 bridgehead atoms. The first-order valence-electron chi connectivity index (χ1n) is 10.5. The number of benzene rings is 3. The van der Waals surface area contributed by atoms with Crippen LogP contribution >= 0.6 is 0 Å². The minimum Gasteiger partial charge on any atom is -0.497 e. The van der Waals surface area contributed by atoms with Crippen LogP contribution in [-0.2, 0) is 11.2 Å². The van der Waals surface area contributed by atoms with Crippen molar-refractivity contribution < 1.29 is 19.1 Å². The van der Waals surface area contributed by atoms with E-state index < -0.39 is 0 Å². The molecule has 1 saturated carbocycles. The molecule has 0 spiro atoms. The van der Waals surface area contributed by atoms with Crippen molar-refractivity contribution in [3.8, 4) is 11.5 Å². The van der Waals surface area contributed by atoms with Crippen molar-refractivity contribution >= 4 is 22.6 Å². The number of hydrogen-bond donors (Lipinski definition) is 2. The van der Waals surface area contributed by atoms with E-state index in [1.54, 1.807) is 7.11 Å². The maximum atomic E-state index is 12.9. The number of hydrogen-bond acceptors (Lipinski definition) is 4. The fourth-order valence-electron chi connectivity index (χ4n) is 3.36. The number of fused-ring (bicyclic) bond motifs is 1. The van der Waals surface area contributed by atoms with Crippen LogP contribution in [0, 0.1) is 0 Å². The molecule has 0 unspecified atom stereocenters. The van der Waals surface area contributed by atoms with E-state index in [4.69, 9.17) is 9.47 Å². The molecule has 0 aliphatic heterocycles. The second kappa shape index (κ2) is 9.51. The van der Waals surface area contributed by atoms with E-state index in [1.165, 1.54) is 0 Å². The lowest BCUT2D eigenvalue weighted by molar-refractivity contribution is -0.123. The largest absolute Gasteiger partial charge is 0.497 e. The average Bonchev–Trinajstić information content (AvgIpc) is 3.61. The molecule has 31 heavy (non-hydrogen) atoms. The van der Waals surface area contributed by atoms with Crippen molar-refractivity contribution in [1.29, 1.82) is 0 Å². The molecule has 0 saturated heterocycles. The third kappa shape index (κ3) is 5.54. The number of carbonyl (C=O) groups excluding carboxylic acids is 2. The molecule has 4 rings (SSSR count). The smallest absolute Gasteiger partial charge is 0.258 e. The van der Waals surface area contributed by atoms with Crippen LogP contribution in [0.15, 0.2) is 60.7 Å². The highest BCUT2D eigenvalue weighted by atomic mass is 16.5. The van der Waals surface area contributed by atoms with Gasteiger partial charge in [-0.3, -0.25) is 9.59 Å². The first-order chi connectivity index (χ1) is 15.1. The molecule has 160 valence electrons. The summed E-state index contributed by atoms with van der Waals surface area (Å²) in [6, 6.07) is 19.4. The molecule has 6 nitrogen and oxygen atoms in total. The van der Waals surface area contributed by atoms with Gasteiger partial charge in [0.2, 0.25) is 0 Å². The monoisotopic (exact) mass is 418 g/mol. The zero-order chi connectivity index (χ0) is 21.6. The van der Waals surface area contributed by atoms with Gasteiger partial charge in [0.25, 0.3) is 11.8 Å². The van der Waals surface area contributed by atoms with Gasteiger partial charge in [0, 0.05) is 12.6 Å². The van der Waals surface area contributed by atoms with Crippen molar-refractivity contribution in [3.63, 3.8) is 0 Å². The molecular formula is C25H26N2O4. The first kappa shape index (κ1) is 20.7. The molecule has 1 aliphatic carbocycles. The summed E-state index contributed by atoms with van der Waals surface area (Å²) in [4.78, 5) is 25.0. The van der Waals surface area contributed by atoms with E-state index in [2.05, 4.69) is 10.6 Å². The molecule has 6 heteroatoms. The predicted octanol–water partition coefficient (Wildman–Crippen LogP) is 3.48. The van der Waals surface area contributed by atoms with Crippen LogP contribution in [-0.4, -0.2) is 38.1 Å². The van der Waals surface area contributed by atoms with Crippen LogP contribution in [0.3, 0.4) is 0 Å². The van der Waals surface area contributed by atoms with E-state index in [0.717, 1.165) is 34.9 Å². The summed E-state index contributed by atoms with van der Waals surface area (Å²) in [5, 5.41) is 7.75. The SMILES string of the molecule is COc1ccc(CCNC(=O)c2cc3ccccc3cc2OCC(=O)NC2CC2)cc1. The third-order valence-corrected chi connectivity index (χ3v) is 5.25. The second-order valence-corrected chi connectivity index (χ2v) is 7.68. The van der Waals surface area contributed by atoms with Crippen LogP contribution < -0.4 is 20.1 Å². The Morgan fingerprint density at radius 1 is 1.00 bits per heavy atom. The molecule has 2 amide bonds. The fourth-order valence-corrected chi connectivity index (χ4v) is 3.36. The lowest BCUT2D eigenvalue weighted by atomic mass is 10.0. The number of methoxy groups -OCH3 is 1. The van der Waals surface area contributed by atoms with Gasteiger partial charge in [-0.15, -0.1) is 0 Å². The molecule has 0 heterocycles. The van der Waals surface area contributed by atoms with Crippen molar-refractivity contribution in [2.75, 3.05) is 20.3 Å². The van der Waals surface area contributed by atoms with E-state index in [0.29, 0.717) is 24.3 Å². The van der Waals surface area contributed by atoms with Crippen LogP contribution in [0.25, 0.3) is 10.8 Å². The summed E-state index contributed by atoms with van der Waals surface area (Å²) in [6.07, 6.45) is 2.73. The zero-order valence-electron chi connectivity index (χ0n) is 17.5. The van der Waals surface area contributed by atoms with Crippen LogP contribution in [0.4, 0.5) is 0 Å². The number of rotatable bonds is 9. The summed E-state index contributed by atoms with van der Waals surface area (Å²) >= 11 is 0. The van der Waals surface area contributed by atoms with Gasteiger partial charge in [0.05, 0.1) is 12.7 Å². The van der Waals surface area contributed by atoms with Crippen LogP contribution in [0.2, 0.25) is 0 Å². The van der Waals surface area contributed by atoms with Gasteiger partial charge in [-0.05, 0) is 59.9 Å². The highest BCUT2D eigenvalue weighted by molar-refractivity contribution is 6.01. The standard InChI is InChI=1S/C25H26N2O4/c1-30-21-10-6-17(7-11-21)12-13-26-25(29)22-14-18-4-2-3-5-19(18)15-23(22)31-16-24(28)27-20-8-9-20/h2-7,10-11,14-15,20H,8-9,12-13,16H2,1H3,(H,26,29)(H,27,28). The Hall–Kier alpha value is -3.54. The maximum absolute atomic E-state index is 12.9. The lowest BCUT2D eigenvalue weighted by Gasteiger charge is -2.13. The molecule has 2 N–H and O–H groups in total. The number of amides is 2. The molecule has 3 aromatic rings. The van der Waals surface area contributed by atoms with Crippen LogP contribution in [0.1, 0.15) is 28.8 Å². The molecular weight excluding hydrogens is 392 g/mol. The Balaban J connectivity index is 1.44. The van der Waals surface area contributed by atoms with E-state index in [9.17, 15) is 9.59 Å². The quantitative estimate of drug-likeness (QED) is 0.558. The Kier molecular flexibility index (Phi) is 6.36. The topological polar surface area (TPSA) is 76.7 Å². The van der Waals surface area contributed by atoms with E-state index in [1.807, 2.05) is 60.7 Å². The van der Waals surface area contributed by atoms with Gasteiger partial charge in [-0.1, -0.05) is 36.4 Å². The van der Waals surface area contributed by atoms with Crippen molar-refractivity contribution in [3.05, 3.63) is 71.8 Å². The Morgan fingerprint density at radius 2 is 1.71 bits per heavy atom. The van der Waals surface area contributed by atoms with Gasteiger partial charge in [-0.2, -0.15) is 0 Å². The van der Waals surface area contributed by atoms with Crippen molar-refractivity contribution in [2.24, 2.45) is 0 Å². The Morgan fingerprint density at radius 3 is 2.39 bits per heavy atom. The molecule has 0 aromatic heterocycles. The summed E-state index contributed by atoms with van der Waals surface area (Å²) in [7, 11) is 1.63. The summed E-state index contributed by atoms with van der Waals surface area (Å²) in [5.41, 5.74) is 1.53. The molecule has 1 aliphatic rings. The Bertz CT molecular complexity index is 1070. The number of ether oxygens (including phenoxy) is 2.